The van der Waals surface area contributed by atoms with Gasteiger partial charge in [0.15, 0.2) is 0 Å². The van der Waals surface area contributed by atoms with Crippen molar-refractivity contribution in [2.75, 3.05) is 33.1 Å². The van der Waals surface area contributed by atoms with E-state index in [1.807, 2.05) is 11.3 Å². The second-order valence-corrected chi connectivity index (χ2v) is 12.0. The summed E-state index contributed by atoms with van der Waals surface area (Å²) >= 11 is 0.896. The fraction of sp³-hybridized carbons (Fsp3) is 0.333. The summed E-state index contributed by atoms with van der Waals surface area (Å²) in [5.74, 6) is 0. The second kappa shape index (κ2) is 10.2. The summed E-state index contributed by atoms with van der Waals surface area (Å²) in [5.41, 5.74) is 5.92. The van der Waals surface area contributed by atoms with Crippen LogP contribution in [0.15, 0.2) is 24.3 Å². The molecule has 1 aromatic carbocycles. The molecule has 0 fully saturated rings. The summed E-state index contributed by atoms with van der Waals surface area (Å²) in [6.45, 7) is 4.29. The van der Waals surface area contributed by atoms with Gasteiger partial charge in [-0.05, 0) is 37.1 Å². The number of anilines is 1. The molecule has 2 aliphatic rings. The zero-order valence-electron chi connectivity index (χ0n) is 15.9. The fourth-order valence-electron chi connectivity index (χ4n) is 2.65. The number of rotatable bonds is 1. The summed E-state index contributed by atoms with van der Waals surface area (Å²) in [6.07, 6.45) is 0. The molecule has 3 nitrogen and oxygen atoms in total. The third-order valence-electron chi connectivity index (χ3n) is 3.98. The Hall–Kier alpha value is -0.447. The molecule has 1 heterocycles. The van der Waals surface area contributed by atoms with Crippen LogP contribution in [0.25, 0.3) is 20.8 Å². The Labute approximate surface area is 181 Å². The van der Waals surface area contributed by atoms with Gasteiger partial charge in [-0.1, -0.05) is 0 Å². The van der Waals surface area contributed by atoms with E-state index in [-0.39, 0.29) is 12.4 Å². The monoisotopic (exact) mass is 481 g/mol. The first-order chi connectivity index (χ1) is 11.8. The molecular weight excluding hydrogens is 462 g/mol. The molecule has 0 N–H and O–H groups in total. The standard InChI is InChI=1S/C18H22N3S.3ClH.Zn/c1-11-7-13(20(3)4)9-15-17(11)19-18-12(2)8-14(21(5)6)10-16(18)22-15;;;;/h7-10H,1-6H3;3*1H;/q+1;;;;+2/p-3. The number of aryl methyl sites for hydroxylation is 2. The van der Waals surface area contributed by atoms with Crippen LogP contribution < -0.4 is 27.2 Å². The number of halogens is 3. The molecule has 3 rings (SSSR count). The van der Waals surface area contributed by atoms with Crippen LogP contribution >= 0.6 is 30.7 Å². The first kappa shape index (κ1) is 23.6. The molecule has 0 amide bonds. The average molecular weight is 484 g/mol. The van der Waals surface area contributed by atoms with Gasteiger partial charge in [0.05, 0.1) is 20.8 Å². The Bertz CT molecular complexity index is 937. The van der Waals surface area contributed by atoms with E-state index in [1.54, 1.807) is 0 Å². The van der Waals surface area contributed by atoms with E-state index >= 15 is 0 Å². The van der Waals surface area contributed by atoms with E-state index in [0.29, 0.717) is 0 Å². The molecule has 0 saturated carbocycles. The molecule has 0 atom stereocenters. The molecule has 0 unspecified atom stereocenters. The molecule has 26 heavy (non-hydrogen) atoms. The van der Waals surface area contributed by atoms with Crippen molar-refractivity contribution in [2.24, 2.45) is 0 Å². The van der Waals surface area contributed by atoms with Crippen LogP contribution in [0.5, 0.6) is 0 Å². The van der Waals surface area contributed by atoms with E-state index in [9.17, 15) is 0 Å². The average Bonchev–Trinajstić information content (AvgIpc) is 2.53. The molecule has 0 saturated heterocycles. The normalized spacial score (nSPS) is 9.85. The van der Waals surface area contributed by atoms with Crippen molar-refractivity contribution in [1.82, 2.24) is 9.56 Å². The minimum absolute atomic E-state index is 0. The van der Waals surface area contributed by atoms with E-state index in [4.69, 9.17) is 24.4 Å². The summed E-state index contributed by atoms with van der Waals surface area (Å²) in [4.78, 5) is 8.34. The van der Waals surface area contributed by atoms with Gasteiger partial charge in [-0.15, -0.1) is 11.3 Å². The van der Waals surface area contributed by atoms with Crippen molar-refractivity contribution in [3.63, 3.8) is 0 Å². The van der Waals surface area contributed by atoms with Gasteiger partial charge in [0.2, 0.25) is 5.36 Å². The number of benzene rings is 2. The van der Waals surface area contributed by atoms with E-state index in [0.717, 1.165) is 11.2 Å². The van der Waals surface area contributed by atoms with E-state index in [1.165, 1.54) is 31.7 Å². The molecule has 0 spiro atoms. The fourth-order valence-corrected chi connectivity index (χ4v) is 3.85. The van der Waals surface area contributed by atoms with Gasteiger partial charge in [0.1, 0.15) is 14.1 Å². The van der Waals surface area contributed by atoms with Crippen LogP contribution in [0.2, 0.25) is 0 Å². The number of nitrogens with zero attached hydrogens (tertiary/aromatic N) is 3. The van der Waals surface area contributed by atoms with E-state index < -0.39 is 15.1 Å². The topological polar surface area (TPSA) is 19.1 Å². The van der Waals surface area contributed by atoms with Crippen molar-refractivity contribution in [2.45, 2.75) is 13.8 Å². The Morgan fingerprint density at radius 3 is 2.19 bits per heavy atom. The summed E-state index contributed by atoms with van der Waals surface area (Å²) in [7, 11) is 18.2. The van der Waals surface area contributed by atoms with Crippen LogP contribution in [0.4, 0.5) is 5.69 Å². The van der Waals surface area contributed by atoms with Crippen LogP contribution in [0.1, 0.15) is 11.1 Å². The van der Waals surface area contributed by atoms with Crippen LogP contribution in [-0.2, 0) is 15.1 Å². The molecule has 138 valence electrons. The van der Waals surface area contributed by atoms with Crippen LogP contribution in [-0.4, -0.2) is 33.2 Å². The quantitative estimate of drug-likeness (QED) is 0.297. The SMILES string of the molecule is Cc1cc(=[N+](C)C)cc2sc3cc(N(C)C)cc(C)c3nc1-2.[Cl-].[Cl][Zn][Cl]. The van der Waals surface area contributed by atoms with Gasteiger partial charge >= 0.3 is 34.5 Å². The predicted octanol–water partition coefficient (Wildman–Crippen LogP) is 1.50. The Kier molecular flexibility index (Phi) is 9.25. The van der Waals surface area contributed by atoms with Crippen molar-refractivity contribution in [3.05, 3.63) is 40.7 Å². The van der Waals surface area contributed by atoms with Gasteiger partial charge in [-0.2, -0.15) is 0 Å². The maximum atomic E-state index is 4.95. The van der Waals surface area contributed by atoms with Crippen molar-refractivity contribution >= 4 is 46.6 Å². The number of aromatic nitrogens is 1. The van der Waals surface area contributed by atoms with Crippen LogP contribution in [0.3, 0.4) is 0 Å². The molecular formula is C18H22Cl3N3SZn. The first-order valence-electron chi connectivity index (χ1n) is 7.94. The third-order valence-corrected chi connectivity index (χ3v) is 5.04. The van der Waals surface area contributed by atoms with Crippen molar-refractivity contribution < 1.29 is 27.6 Å². The van der Waals surface area contributed by atoms with Gasteiger partial charge < -0.3 is 17.3 Å². The Morgan fingerprint density at radius 2 is 1.65 bits per heavy atom. The Morgan fingerprint density at radius 1 is 1.04 bits per heavy atom. The van der Waals surface area contributed by atoms with E-state index in [2.05, 4.69) is 75.8 Å². The second-order valence-electron chi connectivity index (χ2n) is 6.32. The minimum atomic E-state index is -0.931. The van der Waals surface area contributed by atoms with Gasteiger partial charge in [0.25, 0.3) is 0 Å². The molecule has 0 aromatic heterocycles. The molecule has 0 radical (unpaired) electrons. The van der Waals surface area contributed by atoms with Crippen molar-refractivity contribution in [1.29, 1.82) is 0 Å². The van der Waals surface area contributed by atoms with Crippen LogP contribution in [0, 0.1) is 13.8 Å². The van der Waals surface area contributed by atoms with Gasteiger partial charge in [-0.3, -0.25) is 0 Å². The summed E-state index contributed by atoms with van der Waals surface area (Å²) < 4.78 is 3.39. The van der Waals surface area contributed by atoms with Gasteiger partial charge in [0, 0.05) is 31.9 Å². The molecule has 1 aliphatic heterocycles. The number of hydrogen-bond donors (Lipinski definition) is 0. The summed E-state index contributed by atoms with van der Waals surface area (Å²) in [5, 5.41) is 1.22. The Balaban J connectivity index is 0.000000791. The molecule has 0 bridgehead atoms. The number of hydrogen-bond acceptors (Lipinski definition) is 3. The first-order valence-corrected chi connectivity index (χ1v) is 16.5. The molecule has 1 aliphatic carbocycles. The predicted molar refractivity (Wildman–Crippen MR) is 109 cm³/mol. The maximum absolute atomic E-state index is 4.95. The molecule has 1 aromatic rings. The zero-order valence-corrected chi connectivity index (χ0v) is 22.0. The molecule has 8 heteroatoms. The third kappa shape index (κ3) is 5.30. The van der Waals surface area contributed by atoms with Gasteiger partial charge in [-0.25, -0.2) is 9.56 Å². The van der Waals surface area contributed by atoms with Crippen molar-refractivity contribution in [3.8, 4) is 10.6 Å². The zero-order chi connectivity index (χ0) is 18.7. The summed E-state index contributed by atoms with van der Waals surface area (Å²) in [6, 6.07) is 8.88. The number of fused-ring (bicyclic) bond motifs is 2.